The Balaban J connectivity index is 1.39. The standard InChI is InChI=1S/C24H26F2N4O2/c1-2-28-15-18-13-19(5-6-20(18)23(28)32)30-9-3-4-16-12-17(14-27-21(16)30)22(31)29-10-7-24(25,26)8-11-29/h5-6,12-14H,2-4,7-11,15H2,1H3. The lowest BCUT2D eigenvalue weighted by atomic mass is 10.0. The van der Waals surface area contributed by atoms with E-state index in [2.05, 4.69) is 16.0 Å². The smallest absolute Gasteiger partial charge is 0.255 e. The van der Waals surface area contributed by atoms with Crippen LogP contribution < -0.4 is 4.90 Å². The molecule has 0 bridgehead atoms. The van der Waals surface area contributed by atoms with E-state index in [0.29, 0.717) is 18.7 Å². The summed E-state index contributed by atoms with van der Waals surface area (Å²) in [5.41, 5.74) is 4.20. The van der Waals surface area contributed by atoms with Gasteiger partial charge in [0.1, 0.15) is 5.82 Å². The molecule has 2 aromatic rings. The second-order valence-electron chi connectivity index (χ2n) is 8.77. The van der Waals surface area contributed by atoms with Crippen LogP contribution in [0.4, 0.5) is 20.3 Å². The number of amides is 2. The minimum absolute atomic E-state index is 0.0671. The zero-order chi connectivity index (χ0) is 22.5. The third-order valence-electron chi connectivity index (χ3n) is 6.72. The van der Waals surface area contributed by atoms with Crippen LogP contribution in [0.2, 0.25) is 0 Å². The summed E-state index contributed by atoms with van der Waals surface area (Å²) in [7, 11) is 0. The third kappa shape index (κ3) is 3.61. The molecule has 168 valence electrons. The minimum atomic E-state index is -2.68. The Hall–Kier alpha value is -3.03. The number of nitrogens with zero attached hydrogens (tertiary/aromatic N) is 4. The van der Waals surface area contributed by atoms with Gasteiger partial charge >= 0.3 is 0 Å². The molecule has 3 aliphatic rings. The molecule has 3 aliphatic heterocycles. The van der Waals surface area contributed by atoms with Crippen molar-refractivity contribution in [3.05, 3.63) is 52.7 Å². The fraction of sp³-hybridized carbons (Fsp3) is 0.458. The average molecular weight is 440 g/mol. The summed E-state index contributed by atoms with van der Waals surface area (Å²) in [6, 6.07) is 7.77. The molecule has 0 saturated carbocycles. The van der Waals surface area contributed by atoms with Crippen LogP contribution in [0, 0.1) is 0 Å². The van der Waals surface area contributed by atoms with Crippen molar-refractivity contribution in [2.24, 2.45) is 0 Å². The van der Waals surface area contributed by atoms with Crippen molar-refractivity contribution in [3.63, 3.8) is 0 Å². The number of pyridine rings is 1. The van der Waals surface area contributed by atoms with Gasteiger partial charge in [0.2, 0.25) is 0 Å². The minimum Gasteiger partial charge on any atom is -0.338 e. The van der Waals surface area contributed by atoms with Gasteiger partial charge in [-0.15, -0.1) is 0 Å². The number of halogens is 2. The zero-order valence-electron chi connectivity index (χ0n) is 18.1. The van der Waals surface area contributed by atoms with E-state index in [9.17, 15) is 18.4 Å². The number of aryl methyl sites for hydroxylation is 1. The molecule has 1 fully saturated rings. The van der Waals surface area contributed by atoms with Gasteiger partial charge in [-0.25, -0.2) is 13.8 Å². The maximum atomic E-state index is 13.4. The third-order valence-corrected chi connectivity index (χ3v) is 6.72. The second-order valence-corrected chi connectivity index (χ2v) is 8.77. The summed E-state index contributed by atoms with van der Waals surface area (Å²) in [5.74, 6) is -2.02. The van der Waals surface area contributed by atoms with Crippen molar-refractivity contribution in [2.45, 2.75) is 45.1 Å². The van der Waals surface area contributed by atoms with Crippen LogP contribution in [0.15, 0.2) is 30.5 Å². The van der Waals surface area contributed by atoms with E-state index >= 15 is 0 Å². The molecular formula is C24H26F2N4O2. The number of aromatic nitrogens is 1. The number of piperidine rings is 1. The number of carbonyl (C=O) groups is 2. The summed E-state index contributed by atoms with van der Waals surface area (Å²) in [4.78, 5) is 35.3. The molecule has 2 amide bonds. The highest BCUT2D eigenvalue weighted by Crippen LogP contribution is 2.35. The molecule has 4 heterocycles. The molecule has 0 aliphatic carbocycles. The summed E-state index contributed by atoms with van der Waals surface area (Å²) < 4.78 is 26.9. The first kappa shape index (κ1) is 20.8. The number of rotatable bonds is 3. The van der Waals surface area contributed by atoms with E-state index in [-0.39, 0.29) is 37.7 Å². The summed E-state index contributed by atoms with van der Waals surface area (Å²) >= 11 is 0. The van der Waals surface area contributed by atoms with Crippen LogP contribution in [0.5, 0.6) is 0 Å². The number of hydrogen-bond acceptors (Lipinski definition) is 4. The fourth-order valence-electron chi connectivity index (χ4n) is 4.84. The SMILES string of the molecule is CCN1Cc2cc(N3CCCc4cc(C(=O)N5CCC(F)(F)CC5)cnc43)ccc2C1=O. The van der Waals surface area contributed by atoms with E-state index in [0.717, 1.165) is 47.6 Å². The first-order valence-electron chi connectivity index (χ1n) is 11.2. The van der Waals surface area contributed by atoms with Crippen molar-refractivity contribution >= 4 is 23.3 Å². The lowest BCUT2D eigenvalue weighted by Gasteiger charge is -2.33. The Morgan fingerprint density at radius 1 is 1.12 bits per heavy atom. The molecule has 0 atom stereocenters. The largest absolute Gasteiger partial charge is 0.338 e. The van der Waals surface area contributed by atoms with Gasteiger partial charge in [0.15, 0.2) is 0 Å². The molecule has 0 radical (unpaired) electrons. The molecule has 8 heteroatoms. The van der Waals surface area contributed by atoms with Gasteiger partial charge in [-0.05, 0) is 55.2 Å². The number of alkyl halides is 2. The monoisotopic (exact) mass is 440 g/mol. The van der Waals surface area contributed by atoms with Crippen LogP contribution in [0.3, 0.4) is 0 Å². The van der Waals surface area contributed by atoms with Crippen molar-refractivity contribution in [3.8, 4) is 0 Å². The van der Waals surface area contributed by atoms with Gasteiger partial charge in [-0.3, -0.25) is 9.59 Å². The molecule has 0 spiro atoms. The van der Waals surface area contributed by atoms with Gasteiger partial charge in [0.25, 0.3) is 17.7 Å². The predicted octanol–water partition coefficient (Wildman–Crippen LogP) is 4.01. The van der Waals surface area contributed by atoms with Gasteiger partial charge < -0.3 is 14.7 Å². The van der Waals surface area contributed by atoms with Gasteiger partial charge in [-0.2, -0.15) is 0 Å². The van der Waals surface area contributed by atoms with E-state index in [1.54, 1.807) is 6.20 Å². The highest BCUT2D eigenvalue weighted by molar-refractivity contribution is 5.99. The molecule has 1 aromatic heterocycles. The normalized spacial score (nSPS) is 19.7. The molecule has 5 rings (SSSR count). The van der Waals surface area contributed by atoms with Crippen LogP contribution in [0.25, 0.3) is 0 Å². The number of fused-ring (bicyclic) bond motifs is 2. The Bertz CT molecular complexity index is 1080. The van der Waals surface area contributed by atoms with Gasteiger partial charge in [0.05, 0.1) is 5.56 Å². The van der Waals surface area contributed by atoms with Gasteiger partial charge in [0, 0.05) is 63.0 Å². The van der Waals surface area contributed by atoms with Crippen LogP contribution in [-0.4, -0.2) is 58.7 Å². The van der Waals surface area contributed by atoms with Crippen molar-refractivity contribution in [1.82, 2.24) is 14.8 Å². The second kappa shape index (κ2) is 7.83. The van der Waals surface area contributed by atoms with E-state index in [1.165, 1.54) is 4.90 Å². The quantitative estimate of drug-likeness (QED) is 0.724. The Labute approximate surface area is 185 Å². The van der Waals surface area contributed by atoms with Crippen molar-refractivity contribution in [2.75, 3.05) is 31.1 Å². The van der Waals surface area contributed by atoms with Gasteiger partial charge in [-0.1, -0.05) is 0 Å². The lowest BCUT2D eigenvalue weighted by molar-refractivity contribution is -0.0494. The predicted molar refractivity (Wildman–Crippen MR) is 117 cm³/mol. The van der Waals surface area contributed by atoms with E-state index in [1.807, 2.05) is 30.0 Å². The Morgan fingerprint density at radius 3 is 2.66 bits per heavy atom. The molecule has 1 aromatic carbocycles. The van der Waals surface area contributed by atoms with Crippen LogP contribution in [0.1, 0.15) is 58.0 Å². The first-order chi connectivity index (χ1) is 15.4. The highest BCUT2D eigenvalue weighted by atomic mass is 19.3. The number of hydrogen-bond donors (Lipinski definition) is 0. The maximum absolute atomic E-state index is 13.4. The topological polar surface area (TPSA) is 56.8 Å². The molecule has 6 nitrogen and oxygen atoms in total. The van der Waals surface area contributed by atoms with Crippen molar-refractivity contribution < 1.29 is 18.4 Å². The Kier molecular flexibility index (Phi) is 5.10. The van der Waals surface area contributed by atoms with Crippen LogP contribution in [-0.2, 0) is 13.0 Å². The molecule has 1 saturated heterocycles. The molecule has 0 unspecified atom stereocenters. The fourth-order valence-corrected chi connectivity index (χ4v) is 4.84. The number of anilines is 2. The number of carbonyl (C=O) groups excluding carboxylic acids is 2. The number of likely N-dealkylation sites (tertiary alicyclic amines) is 1. The van der Waals surface area contributed by atoms with Crippen LogP contribution >= 0.6 is 0 Å². The maximum Gasteiger partial charge on any atom is 0.255 e. The van der Waals surface area contributed by atoms with Crippen molar-refractivity contribution in [1.29, 1.82) is 0 Å². The highest BCUT2D eigenvalue weighted by Gasteiger charge is 2.36. The molecule has 0 N–H and O–H groups in total. The zero-order valence-corrected chi connectivity index (χ0v) is 18.1. The van der Waals surface area contributed by atoms with E-state index in [4.69, 9.17) is 0 Å². The lowest BCUT2D eigenvalue weighted by Crippen LogP contribution is -2.42. The molecule has 32 heavy (non-hydrogen) atoms. The Morgan fingerprint density at radius 2 is 1.91 bits per heavy atom. The number of benzene rings is 1. The average Bonchev–Trinajstić information content (AvgIpc) is 3.12. The molecular weight excluding hydrogens is 414 g/mol. The first-order valence-corrected chi connectivity index (χ1v) is 11.2. The summed E-state index contributed by atoms with van der Waals surface area (Å²) in [5, 5.41) is 0. The van der Waals surface area contributed by atoms with E-state index < -0.39 is 5.92 Å². The summed E-state index contributed by atoms with van der Waals surface area (Å²) in [6.07, 6.45) is 2.70. The summed E-state index contributed by atoms with van der Waals surface area (Å²) in [6.45, 7) is 4.22.